The van der Waals surface area contributed by atoms with Crippen molar-refractivity contribution >= 4 is 61.3 Å². The quantitative estimate of drug-likeness (QED) is 0.466. The van der Waals surface area contributed by atoms with Gasteiger partial charge < -0.3 is 9.87 Å². The molecule has 3 N–H and O–H groups in total. The number of carbonyl (C=O) groups excluding carboxylic acids is 2. The normalized spacial score (nSPS) is 16.4. The van der Waals surface area contributed by atoms with Crippen LogP contribution in [0.5, 0.6) is 0 Å². The monoisotopic (exact) mass is 491 g/mol. The molecule has 2 unspecified atom stereocenters. The van der Waals surface area contributed by atoms with Crippen molar-refractivity contribution in [2.24, 2.45) is 5.92 Å². The second-order valence-electron chi connectivity index (χ2n) is 7.40. The summed E-state index contributed by atoms with van der Waals surface area (Å²) in [4.78, 5) is 28.8. The number of benzene rings is 2. The molecule has 0 bridgehead atoms. The van der Waals surface area contributed by atoms with Gasteiger partial charge in [0.25, 0.3) is 5.91 Å². The van der Waals surface area contributed by atoms with Crippen molar-refractivity contribution in [3.05, 3.63) is 58.6 Å². The van der Waals surface area contributed by atoms with E-state index >= 15 is 0 Å². The van der Waals surface area contributed by atoms with E-state index in [2.05, 4.69) is 20.9 Å². The van der Waals surface area contributed by atoms with Gasteiger partial charge in [0.1, 0.15) is 0 Å². The molecule has 2 aromatic carbocycles. The Morgan fingerprint density at radius 3 is 2.69 bits per heavy atom. The lowest BCUT2D eigenvalue weighted by Gasteiger charge is -2.32. The highest BCUT2D eigenvalue weighted by molar-refractivity contribution is 7.79. The number of amides is 3. The van der Waals surface area contributed by atoms with E-state index in [0.717, 1.165) is 30.6 Å². The molecule has 0 aliphatic carbocycles. The molecule has 3 amide bonds. The molecule has 3 aromatic rings. The third kappa shape index (κ3) is 5.16. The van der Waals surface area contributed by atoms with Gasteiger partial charge in [0, 0.05) is 5.25 Å². The van der Waals surface area contributed by atoms with Crippen molar-refractivity contribution in [1.29, 1.82) is 0 Å². The fraction of sp³-hybridized carbons (Fsp3) is 0.286. The average Bonchev–Trinajstić information content (AvgIpc) is 3.16. The van der Waals surface area contributed by atoms with Crippen LogP contribution in [0.25, 0.3) is 10.2 Å². The van der Waals surface area contributed by atoms with Crippen LogP contribution in [0.15, 0.2) is 42.5 Å². The first kappa shape index (κ1) is 22.8. The number of thiazole rings is 1. The van der Waals surface area contributed by atoms with Crippen LogP contribution >= 0.6 is 22.9 Å². The SMILES string of the molecule is O=C(NC(=O)c1ccccc1Cl)Nc1nc2ccc(C(C3CCNCC3)S(=O)[O-])cc2s1. The highest BCUT2D eigenvalue weighted by Crippen LogP contribution is 2.36. The molecular weight excluding hydrogens is 472 g/mol. The van der Waals surface area contributed by atoms with Gasteiger partial charge in [-0.05, 0) is 72.8 Å². The van der Waals surface area contributed by atoms with E-state index in [1.165, 1.54) is 17.4 Å². The van der Waals surface area contributed by atoms with Gasteiger partial charge in [-0.2, -0.15) is 0 Å². The Kier molecular flexibility index (Phi) is 7.17. The average molecular weight is 492 g/mol. The molecule has 168 valence electrons. The lowest BCUT2D eigenvalue weighted by Crippen LogP contribution is -2.34. The van der Waals surface area contributed by atoms with Gasteiger partial charge in [-0.3, -0.25) is 19.6 Å². The van der Waals surface area contributed by atoms with Crippen molar-refractivity contribution < 1.29 is 18.4 Å². The maximum absolute atomic E-state index is 12.2. The summed E-state index contributed by atoms with van der Waals surface area (Å²) in [6, 6.07) is 11.0. The summed E-state index contributed by atoms with van der Waals surface area (Å²) >= 11 is 4.95. The van der Waals surface area contributed by atoms with E-state index in [9.17, 15) is 18.4 Å². The summed E-state index contributed by atoms with van der Waals surface area (Å²) in [5.41, 5.74) is 1.53. The van der Waals surface area contributed by atoms with Crippen LogP contribution in [-0.4, -0.2) is 38.8 Å². The molecule has 1 fully saturated rings. The number of urea groups is 1. The Morgan fingerprint density at radius 2 is 1.97 bits per heavy atom. The zero-order valence-electron chi connectivity index (χ0n) is 16.8. The van der Waals surface area contributed by atoms with E-state index in [4.69, 9.17) is 11.6 Å². The van der Waals surface area contributed by atoms with Gasteiger partial charge in [0.15, 0.2) is 5.13 Å². The van der Waals surface area contributed by atoms with Crippen LogP contribution < -0.4 is 16.0 Å². The lowest BCUT2D eigenvalue weighted by molar-refractivity contribution is 0.0967. The molecule has 1 aliphatic heterocycles. The van der Waals surface area contributed by atoms with Crippen LogP contribution in [0.3, 0.4) is 0 Å². The number of halogens is 1. The first-order valence-electron chi connectivity index (χ1n) is 9.98. The zero-order chi connectivity index (χ0) is 22.7. The Hall–Kier alpha value is -2.37. The number of rotatable bonds is 5. The van der Waals surface area contributed by atoms with E-state index < -0.39 is 28.3 Å². The Labute approximate surface area is 196 Å². The topological polar surface area (TPSA) is 123 Å². The smallest absolute Gasteiger partial charge is 0.327 e. The standard InChI is InChI=1S/C21H21ClN4O4S2/c22-15-4-2-1-3-14(15)19(27)25-20(28)26-21-24-16-6-5-13(11-17(16)31-21)18(32(29)30)12-7-9-23-10-8-12/h1-6,11-12,18,23H,7-10H2,(H,29,30)(H2,24,25,26,27,28)/p-1. The van der Waals surface area contributed by atoms with Crippen molar-refractivity contribution in [2.75, 3.05) is 18.4 Å². The highest BCUT2D eigenvalue weighted by atomic mass is 35.5. The summed E-state index contributed by atoms with van der Waals surface area (Å²) in [5, 5.41) is 7.97. The van der Waals surface area contributed by atoms with E-state index in [0.29, 0.717) is 16.2 Å². The molecule has 1 aliphatic rings. The molecule has 2 atom stereocenters. The number of hydrogen-bond acceptors (Lipinski definition) is 7. The second-order valence-corrected chi connectivity index (χ2v) is 9.87. The van der Waals surface area contributed by atoms with Gasteiger partial charge in [-0.25, -0.2) is 9.78 Å². The fourth-order valence-corrected chi connectivity index (χ4v) is 5.89. The highest BCUT2D eigenvalue weighted by Gasteiger charge is 2.26. The number of piperidine rings is 1. The van der Waals surface area contributed by atoms with Crippen LogP contribution in [0, 0.1) is 5.92 Å². The molecule has 4 rings (SSSR count). The predicted octanol–water partition coefficient (Wildman–Crippen LogP) is 3.83. The molecule has 1 saturated heterocycles. The lowest BCUT2D eigenvalue weighted by atomic mass is 9.90. The van der Waals surface area contributed by atoms with E-state index in [-0.39, 0.29) is 16.5 Å². The molecule has 1 aromatic heterocycles. The number of nitrogens with zero attached hydrogens (tertiary/aromatic N) is 1. The van der Waals surface area contributed by atoms with E-state index in [1.807, 2.05) is 6.07 Å². The molecular formula is C21H20ClN4O4S2-. The molecule has 0 saturated carbocycles. The van der Waals surface area contributed by atoms with Crippen molar-refractivity contribution in [3.63, 3.8) is 0 Å². The number of nitrogens with one attached hydrogen (secondary N) is 3. The minimum Gasteiger partial charge on any atom is -0.772 e. The van der Waals surface area contributed by atoms with Crippen LogP contribution in [0.4, 0.5) is 9.93 Å². The fourth-order valence-electron chi connectivity index (χ4n) is 3.80. The van der Waals surface area contributed by atoms with Crippen molar-refractivity contribution in [3.8, 4) is 0 Å². The molecule has 0 radical (unpaired) electrons. The third-order valence-corrected chi connectivity index (χ3v) is 7.66. The van der Waals surface area contributed by atoms with Crippen LogP contribution in [0.2, 0.25) is 5.02 Å². The Bertz CT molecular complexity index is 1180. The van der Waals surface area contributed by atoms with Crippen LogP contribution in [-0.2, 0) is 11.1 Å². The summed E-state index contributed by atoms with van der Waals surface area (Å²) in [6.07, 6.45) is 1.59. The van der Waals surface area contributed by atoms with Gasteiger partial charge >= 0.3 is 6.03 Å². The van der Waals surface area contributed by atoms with Gasteiger partial charge in [-0.15, -0.1) is 0 Å². The summed E-state index contributed by atoms with van der Waals surface area (Å²) in [6.45, 7) is 1.61. The molecule has 0 spiro atoms. The van der Waals surface area contributed by atoms with E-state index in [1.54, 1.807) is 30.3 Å². The maximum atomic E-state index is 12.2. The number of hydrogen-bond donors (Lipinski definition) is 3. The number of aromatic nitrogens is 1. The predicted molar refractivity (Wildman–Crippen MR) is 125 cm³/mol. The van der Waals surface area contributed by atoms with Gasteiger partial charge in [-0.1, -0.05) is 41.1 Å². The second kappa shape index (κ2) is 10.1. The first-order valence-corrected chi connectivity index (χ1v) is 12.3. The number of fused-ring (bicyclic) bond motifs is 1. The number of imide groups is 1. The summed E-state index contributed by atoms with van der Waals surface area (Å²) in [5.74, 6) is -0.571. The molecule has 2 heterocycles. The molecule has 11 heteroatoms. The van der Waals surface area contributed by atoms with Gasteiger partial charge in [0.05, 0.1) is 20.8 Å². The number of carbonyl (C=O) groups is 2. The molecule has 32 heavy (non-hydrogen) atoms. The zero-order valence-corrected chi connectivity index (χ0v) is 19.2. The maximum Gasteiger partial charge on any atom is 0.327 e. The minimum atomic E-state index is -2.25. The largest absolute Gasteiger partial charge is 0.772 e. The summed E-state index contributed by atoms with van der Waals surface area (Å²) in [7, 11) is 0. The third-order valence-electron chi connectivity index (χ3n) is 5.33. The Morgan fingerprint density at radius 1 is 1.22 bits per heavy atom. The first-order chi connectivity index (χ1) is 15.4. The van der Waals surface area contributed by atoms with Crippen molar-refractivity contribution in [2.45, 2.75) is 18.1 Å². The minimum absolute atomic E-state index is 0.0548. The Balaban J connectivity index is 1.49. The van der Waals surface area contributed by atoms with Crippen LogP contribution in [0.1, 0.15) is 34.0 Å². The van der Waals surface area contributed by atoms with Crippen molar-refractivity contribution in [1.82, 2.24) is 15.6 Å². The number of anilines is 1. The van der Waals surface area contributed by atoms with Gasteiger partial charge in [0.2, 0.25) is 0 Å². The summed E-state index contributed by atoms with van der Waals surface area (Å²) < 4.78 is 24.7. The molecule has 8 nitrogen and oxygen atoms in total.